The predicted octanol–water partition coefficient (Wildman–Crippen LogP) is 4.03. The summed E-state index contributed by atoms with van der Waals surface area (Å²) in [5.41, 5.74) is 4.00. The van der Waals surface area contributed by atoms with Crippen LogP contribution in [0.3, 0.4) is 0 Å². The van der Waals surface area contributed by atoms with Crippen LogP contribution in [0.1, 0.15) is 59.2 Å². The number of carbonyl (C=O) groups excluding carboxylic acids is 1. The van der Waals surface area contributed by atoms with E-state index in [0.717, 1.165) is 16.7 Å². The first-order valence-electron chi connectivity index (χ1n) is 9.05. The Morgan fingerprint density at radius 1 is 1.09 bits per heavy atom. The highest BCUT2D eigenvalue weighted by atomic mass is 16.5. The molecular weight excluding hydrogens is 286 g/mol. The molecule has 2 aliphatic rings. The molecule has 2 heterocycles. The van der Waals surface area contributed by atoms with Crippen molar-refractivity contribution in [2.24, 2.45) is 5.92 Å². The van der Waals surface area contributed by atoms with E-state index in [9.17, 15) is 4.79 Å². The minimum absolute atomic E-state index is 0.145. The Kier molecular flexibility index (Phi) is 5.05. The Hall–Kier alpha value is -1.35. The molecule has 0 aromatic heterocycles. The third-order valence-electron chi connectivity index (χ3n) is 5.54. The van der Waals surface area contributed by atoms with E-state index in [1.165, 1.54) is 50.8 Å². The number of rotatable bonds is 3. The standard InChI is InChI=1S/C20H29NO2/c1-14-11-15(2)19(16(3)12-14)20(22)23-13-17-7-6-10-21-9-5-4-8-18(17)21/h11-12,17-18H,4-10,13H2,1-3H3/t17-,18-/m1/s1. The van der Waals surface area contributed by atoms with Gasteiger partial charge in [0.25, 0.3) is 0 Å². The van der Waals surface area contributed by atoms with Crippen LogP contribution in [0, 0.1) is 26.7 Å². The first-order chi connectivity index (χ1) is 11.1. The number of esters is 1. The number of benzene rings is 1. The van der Waals surface area contributed by atoms with Gasteiger partial charge in [0.2, 0.25) is 0 Å². The second-order valence-electron chi connectivity index (χ2n) is 7.37. The van der Waals surface area contributed by atoms with Crippen molar-refractivity contribution in [2.45, 2.75) is 58.9 Å². The highest BCUT2D eigenvalue weighted by molar-refractivity contribution is 5.92. The molecule has 2 aliphatic heterocycles. The lowest BCUT2D eigenvalue weighted by Gasteiger charge is -2.44. The van der Waals surface area contributed by atoms with Crippen LogP contribution in [0.15, 0.2) is 12.1 Å². The Morgan fingerprint density at radius 2 is 1.78 bits per heavy atom. The van der Waals surface area contributed by atoms with E-state index in [1.54, 1.807) is 0 Å². The fraction of sp³-hybridized carbons (Fsp3) is 0.650. The van der Waals surface area contributed by atoms with Gasteiger partial charge in [-0.1, -0.05) is 24.1 Å². The Bertz CT molecular complexity index is 556. The number of carbonyl (C=O) groups is 1. The number of ether oxygens (including phenoxy) is 1. The normalized spacial score (nSPS) is 25.0. The van der Waals surface area contributed by atoms with Crippen LogP contribution in [-0.4, -0.2) is 36.6 Å². The monoisotopic (exact) mass is 315 g/mol. The van der Waals surface area contributed by atoms with Gasteiger partial charge in [-0.15, -0.1) is 0 Å². The van der Waals surface area contributed by atoms with E-state index in [0.29, 0.717) is 18.6 Å². The molecule has 0 amide bonds. The summed E-state index contributed by atoms with van der Waals surface area (Å²) in [7, 11) is 0. The van der Waals surface area contributed by atoms with Crippen molar-refractivity contribution in [3.05, 3.63) is 34.4 Å². The van der Waals surface area contributed by atoms with Gasteiger partial charge in [0, 0.05) is 12.0 Å². The summed E-state index contributed by atoms with van der Waals surface area (Å²) in [6.07, 6.45) is 6.35. The maximum absolute atomic E-state index is 12.6. The largest absolute Gasteiger partial charge is 0.462 e. The molecule has 3 nitrogen and oxygen atoms in total. The topological polar surface area (TPSA) is 29.5 Å². The van der Waals surface area contributed by atoms with E-state index in [1.807, 2.05) is 13.8 Å². The van der Waals surface area contributed by atoms with Crippen LogP contribution >= 0.6 is 0 Å². The van der Waals surface area contributed by atoms with Gasteiger partial charge in [-0.05, 0) is 70.7 Å². The van der Waals surface area contributed by atoms with Crippen LogP contribution in [0.25, 0.3) is 0 Å². The zero-order valence-corrected chi connectivity index (χ0v) is 14.7. The molecule has 0 radical (unpaired) electrons. The summed E-state index contributed by atoms with van der Waals surface area (Å²) in [6, 6.07) is 4.76. The summed E-state index contributed by atoms with van der Waals surface area (Å²) in [4.78, 5) is 15.2. The molecule has 126 valence electrons. The zero-order valence-electron chi connectivity index (χ0n) is 14.7. The van der Waals surface area contributed by atoms with E-state index in [2.05, 4.69) is 24.0 Å². The number of hydrogen-bond donors (Lipinski definition) is 0. The summed E-state index contributed by atoms with van der Waals surface area (Å²) < 4.78 is 5.75. The molecule has 2 fully saturated rings. The maximum Gasteiger partial charge on any atom is 0.338 e. The van der Waals surface area contributed by atoms with Gasteiger partial charge in [0.15, 0.2) is 0 Å². The summed E-state index contributed by atoms with van der Waals surface area (Å²) in [6.45, 7) is 9.10. The zero-order chi connectivity index (χ0) is 16.4. The van der Waals surface area contributed by atoms with Crippen molar-refractivity contribution >= 4 is 5.97 Å². The highest BCUT2D eigenvalue weighted by Crippen LogP contribution is 2.31. The number of aryl methyl sites for hydroxylation is 3. The molecule has 3 heteroatoms. The molecule has 2 atom stereocenters. The Labute approximate surface area is 140 Å². The molecule has 1 aromatic carbocycles. The molecule has 0 unspecified atom stereocenters. The molecular formula is C20H29NO2. The predicted molar refractivity (Wildman–Crippen MR) is 92.9 cm³/mol. The lowest BCUT2D eigenvalue weighted by Crippen LogP contribution is -2.49. The van der Waals surface area contributed by atoms with Crippen LogP contribution < -0.4 is 0 Å². The van der Waals surface area contributed by atoms with Gasteiger partial charge in [-0.25, -0.2) is 4.79 Å². The Morgan fingerprint density at radius 3 is 2.52 bits per heavy atom. The lowest BCUT2D eigenvalue weighted by atomic mass is 9.84. The van der Waals surface area contributed by atoms with Crippen LogP contribution in [0.4, 0.5) is 0 Å². The molecule has 0 saturated carbocycles. The molecule has 0 aliphatic carbocycles. The smallest absolute Gasteiger partial charge is 0.338 e. The van der Waals surface area contributed by atoms with Gasteiger partial charge in [-0.3, -0.25) is 4.90 Å². The van der Waals surface area contributed by atoms with Crippen LogP contribution in [0.5, 0.6) is 0 Å². The van der Waals surface area contributed by atoms with Gasteiger partial charge in [0.1, 0.15) is 0 Å². The second-order valence-corrected chi connectivity index (χ2v) is 7.37. The summed E-state index contributed by atoms with van der Waals surface area (Å²) >= 11 is 0. The highest BCUT2D eigenvalue weighted by Gasteiger charge is 2.33. The van der Waals surface area contributed by atoms with E-state index < -0.39 is 0 Å². The van der Waals surface area contributed by atoms with Crippen LogP contribution in [-0.2, 0) is 4.74 Å². The number of hydrogen-bond acceptors (Lipinski definition) is 3. The average molecular weight is 315 g/mol. The fourth-order valence-electron chi connectivity index (χ4n) is 4.53. The number of nitrogens with zero attached hydrogens (tertiary/aromatic N) is 1. The SMILES string of the molecule is Cc1cc(C)c(C(=O)OC[C@H]2CCCN3CCCC[C@H]23)c(C)c1. The molecule has 23 heavy (non-hydrogen) atoms. The Balaban J connectivity index is 1.65. The minimum Gasteiger partial charge on any atom is -0.462 e. The van der Waals surface area contributed by atoms with Gasteiger partial charge >= 0.3 is 5.97 Å². The molecule has 0 spiro atoms. The minimum atomic E-state index is -0.145. The molecule has 1 aromatic rings. The fourth-order valence-corrected chi connectivity index (χ4v) is 4.53. The van der Waals surface area contributed by atoms with E-state index in [-0.39, 0.29) is 5.97 Å². The van der Waals surface area contributed by atoms with Gasteiger partial charge in [-0.2, -0.15) is 0 Å². The lowest BCUT2D eigenvalue weighted by molar-refractivity contribution is 0.00730. The van der Waals surface area contributed by atoms with Crippen molar-refractivity contribution in [3.8, 4) is 0 Å². The van der Waals surface area contributed by atoms with Crippen molar-refractivity contribution in [1.29, 1.82) is 0 Å². The maximum atomic E-state index is 12.6. The third-order valence-corrected chi connectivity index (χ3v) is 5.54. The van der Waals surface area contributed by atoms with Crippen molar-refractivity contribution in [2.75, 3.05) is 19.7 Å². The molecule has 3 rings (SSSR count). The van der Waals surface area contributed by atoms with Crippen molar-refractivity contribution in [3.63, 3.8) is 0 Å². The average Bonchev–Trinajstić information content (AvgIpc) is 2.52. The first kappa shape index (κ1) is 16.5. The first-order valence-corrected chi connectivity index (χ1v) is 9.05. The van der Waals surface area contributed by atoms with E-state index >= 15 is 0 Å². The van der Waals surface area contributed by atoms with Gasteiger partial charge in [0.05, 0.1) is 12.2 Å². The summed E-state index contributed by atoms with van der Waals surface area (Å²) in [5, 5.41) is 0. The number of piperidine rings is 2. The second kappa shape index (κ2) is 7.04. The summed E-state index contributed by atoms with van der Waals surface area (Å²) in [5.74, 6) is 0.368. The van der Waals surface area contributed by atoms with Gasteiger partial charge < -0.3 is 4.74 Å². The van der Waals surface area contributed by atoms with Crippen molar-refractivity contribution < 1.29 is 9.53 Å². The molecule has 0 bridgehead atoms. The quantitative estimate of drug-likeness (QED) is 0.789. The molecule has 2 saturated heterocycles. The van der Waals surface area contributed by atoms with E-state index in [4.69, 9.17) is 4.74 Å². The number of fused-ring (bicyclic) bond motifs is 1. The van der Waals surface area contributed by atoms with Crippen LogP contribution in [0.2, 0.25) is 0 Å². The molecule has 0 N–H and O–H groups in total. The van der Waals surface area contributed by atoms with Crippen molar-refractivity contribution in [1.82, 2.24) is 4.90 Å². The third kappa shape index (κ3) is 3.60.